The first-order valence-corrected chi connectivity index (χ1v) is 8.89. The lowest BCUT2D eigenvalue weighted by Crippen LogP contribution is -2.71. The van der Waals surface area contributed by atoms with Crippen molar-refractivity contribution < 1.29 is 32.2 Å². The number of carbonyl (C=O) groups excluding carboxylic acids is 2. The second-order valence-electron chi connectivity index (χ2n) is 7.90. The van der Waals surface area contributed by atoms with Gasteiger partial charge in [0.1, 0.15) is 12.1 Å². The molecule has 3 heterocycles. The van der Waals surface area contributed by atoms with Crippen LogP contribution in [0.2, 0.25) is 0 Å². The minimum Gasteiger partial charge on any atom is -0.447 e. The van der Waals surface area contributed by atoms with Gasteiger partial charge >= 0.3 is 18.3 Å². The van der Waals surface area contributed by atoms with E-state index in [4.69, 9.17) is 9.47 Å². The Kier molecular flexibility index (Phi) is 4.01. The number of hydrogen-bond donors (Lipinski definition) is 1. The number of rotatable bonds is 3. The Morgan fingerprint density at radius 3 is 2.38 bits per heavy atom. The molecule has 0 atom stereocenters. The van der Waals surface area contributed by atoms with Crippen LogP contribution in [-0.4, -0.2) is 79.1 Å². The molecule has 3 amide bonds. The largest absolute Gasteiger partial charge is 0.447 e. The molecule has 10 heteroatoms. The lowest BCUT2D eigenvalue weighted by Gasteiger charge is -2.48. The minimum atomic E-state index is -4.20. The van der Waals surface area contributed by atoms with E-state index in [9.17, 15) is 22.8 Å². The second-order valence-corrected chi connectivity index (χ2v) is 7.90. The first-order chi connectivity index (χ1) is 12.2. The lowest BCUT2D eigenvalue weighted by atomic mass is 9.92. The average Bonchev–Trinajstić information content (AvgIpc) is 3.27. The molecule has 0 bridgehead atoms. The summed E-state index contributed by atoms with van der Waals surface area (Å²) in [6.07, 6.45) is -3.52. The predicted octanol–water partition coefficient (Wildman–Crippen LogP) is 1.72. The standard InChI is InChI=1S/C16H22F3N3O4/c17-16(18,19)14(3-4-14)9-25-11-1-5-21(6-2-11)13(24)22-7-15(8-22)10-26-12(23)20-15/h11H,1-10H2,(H,20,23). The van der Waals surface area contributed by atoms with Gasteiger partial charge in [0.15, 0.2) is 0 Å². The van der Waals surface area contributed by atoms with Crippen molar-refractivity contribution in [2.75, 3.05) is 39.4 Å². The number of ether oxygens (including phenoxy) is 2. The topological polar surface area (TPSA) is 71.1 Å². The van der Waals surface area contributed by atoms with Crippen molar-refractivity contribution in [3.05, 3.63) is 0 Å². The van der Waals surface area contributed by atoms with Gasteiger partial charge in [-0.25, -0.2) is 9.59 Å². The van der Waals surface area contributed by atoms with Crippen LogP contribution in [0.15, 0.2) is 0 Å². The van der Waals surface area contributed by atoms with Crippen molar-refractivity contribution in [3.63, 3.8) is 0 Å². The van der Waals surface area contributed by atoms with E-state index in [1.54, 1.807) is 9.80 Å². The Hall–Kier alpha value is -1.71. The summed E-state index contributed by atoms with van der Waals surface area (Å²) in [5.41, 5.74) is -2.09. The van der Waals surface area contributed by atoms with Crippen LogP contribution in [0.5, 0.6) is 0 Å². The fourth-order valence-electron chi connectivity index (χ4n) is 3.83. The highest BCUT2D eigenvalue weighted by Crippen LogP contribution is 2.57. The van der Waals surface area contributed by atoms with Crippen molar-refractivity contribution >= 4 is 12.1 Å². The summed E-state index contributed by atoms with van der Waals surface area (Å²) in [7, 11) is 0. The monoisotopic (exact) mass is 377 g/mol. The summed E-state index contributed by atoms with van der Waals surface area (Å²) in [6, 6.07) is -0.107. The van der Waals surface area contributed by atoms with Gasteiger partial charge in [-0.1, -0.05) is 0 Å². The van der Waals surface area contributed by atoms with Crippen LogP contribution in [-0.2, 0) is 9.47 Å². The number of urea groups is 1. The first-order valence-electron chi connectivity index (χ1n) is 8.89. The molecule has 3 saturated heterocycles. The van der Waals surface area contributed by atoms with Gasteiger partial charge in [-0.3, -0.25) is 0 Å². The van der Waals surface area contributed by atoms with E-state index in [0.717, 1.165) is 0 Å². The third-order valence-electron chi connectivity index (χ3n) is 5.87. The number of nitrogens with one attached hydrogen (secondary N) is 1. The second kappa shape index (κ2) is 5.90. The van der Waals surface area contributed by atoms with E-state index in [0.29, 0.717) is 39.0 Å². The molecule has 0 unspecified atom stereocenters. The SMILES string of the molecule is O=C1NC2(CO1)CN(C(=O)N1CCC(OCC3(C(F)(F)F)CC3)CC1)C2. The van der Waals surface area contributed by atoms with E-state index < -0.39 is 23.2 Å². The van der Waals surface area contributed by atoms with Crippen LogP contribution in [0, 0.1) is 5.41 Å². The van der Waals surface area contributed by atoms with Crippen LogP contribution in [0.25, 0.3) is 0 Å². The van der Waals surface area contributed by atoms with Gasteiger partial charge in [0, 0.05) is 13.1 Å². The summed E-state index contributed by atoms with van der Waals surface area (Å²) in [6.45, 7) is 1.77. The highest BCUT2D eigenvalue weighted by molar-refractivity contribution is 5.78. The maximum Gasteiger partial charge on any atom is 0.407 e. The fourth-order valence-corrected chi connectivity index (χ4v) is 3.83. The summed E-state index contributed by atoms with van der Waals surface area (Å²) in [4.78, 5) is 27.0. The number of halogens is 3. The molecule has 146 valence electrons. The number of carbonyl (C=O) groups is 2. The third-order valence-corrected chi connectivity index (χ3v) is 5.87. The number of amides is 3. The molecule has 1 saturated carbocycles. The summed E-state index contributed by atoms with van der Waals surface area (Å²) >= 11 is 0. The molecular weight excluding hydrogens is 355 g/mol. The zero-order chi connectivity index (χ0) is 18.6. The van der Waals surface area contributed by atoms with Crippen molar-refractivity contribution in [1.29, 1.82) is 0 Å². The average molecular weight is 377 g/mol. The van der Waals surface area contributed by atoms with E-state index in [1.165, 1.54) is 0 Å². The molecule has 4 aliphatic rings. The molecular formula is C16H22F3N3O4. The quantitative estimate of drug-likeness (QED) is 0.813. The Labute approximate surface area is 148 Å². The van der Waals surface area contributed by atoms with Crippen LogP contribution < -0.4 is 5.32 Å². The Morgan fingerprint density at radius 1 is 1.23 bits per heavy atom. The fraction of sp³-hybridized carbons (Fsp3) is 0.875. The molecule has 7 nitrogen and oxygen atoms in total. The van der Waals surface area contributed by atoms with E-state index in [2.05, 4.69) is 5.32 Å². The smallest absolute Gasteiger partial charge is 0.407 e. The molecule has 26 heavy (non-hydrogen) atoms. The van der Waals surface area contributed by atoms with Gasteiger partial charge in [-0.05, 0) is 25.7 Å². The van der Waals surface area contributed by atoms with Crippen LogP contribution in [0.1, 0.15) is 25.7 Å². The molecule has 1 aliphatic carbocycles. The van der Waals surface area contributed by atoms with Crippen LogP contribution >= 0.6 is 0 Å². The predicted molar refractivity (Wildman–Crippen MR) is 82.5 cm³/mol. The van der Waals surface area contributed by atoms with Crippen LogP contribution in [0.3, 0.4) is 0 Å². The lowest BCUT2D eigenvalue weighted by molar-refractivity contribution is -0.206. The number of likely N-dealkylation sites (tertiary alicyclic amines) is 2. The maximum atomic E-state index is 12.9. The van der Waals surface area contributed by atoms with Gasteiger partial charge in [-0.2, -0.15) is 13.2 Å². The molecule has 1 N–H and O–H groups in total. The molecule has 4 fully saturated rings. The highest BCUT2D eigenvalue weighted by atomic mass is 19.4. The zero-order valence-corrected chi connectivity index (χ0v) is 14.3. The van der Waals surface area contributed by atoms with E-state index in [-0.39, 0.29) is 38.2 Å². The first kappa shape index (κ1) is 17.7. The van der Waals surface area contributed by atoms with Gasteiger partial charge in [0.2, 0.25) is 0 Å². The van der Waals surface area contributed by atoms with Gasteiger partial charge < -0.3 is 24.6 Å². The molecule has 3 aliphatic heterocycles. The van der Waals surface area contributed by atoms with Crippen molar-refractivity contribution in [1.82, 2.24) is 15.1 Å². The number of alkyl carbamates (subject to hydrolysis) is 1. The minimum absolute atomic E-state index is 0.107. The number of hydrogen-bond acceptors (Lipinski definition) is 4. The molecule has 4 rings (SSSR count). The van der Waals surface area contributed by atoms with Crippen molar-refractivity contribution in [2.45, 2.75) is 43.5 Å². The number of nitrogens with zero attached hydrogens (tertiary/aromatic N) is 2. The molecule has 0 radical (unpaired) electrons. The summed E-state index contributed by atoms with van der Waals surface area (Å²) < 4.78 is 49.2. The molecule has 1 spiro atoms. The summed E-state index contributed by atoms with van der Waals surface area (Å²) in [5, 5.41) is 2.72. The summed E-state index contributed by atoms with van der Waals surface area (Å²) in [5.74, 6) is 0. The van der Waals surface area contributed by atoms with Crippen molar-refractivity contribution in [2.24, 2.45) is 5.41 Å². The Morgan fingerprint density at radius 2 is 1.88 bits per heavy atom. The number of cyclic esters (lactones) is 1. The van der Waals surface area contributed by atoms with Gasteiger partial charge in [0.25, 0.3) is 0 Å². The number of piperidine rings is 1. The number of alkyl halides is 3. The third kappa shape index (κ3) is 3.08. The molecule has 0 aromatic carbocycles. The normalized spacial score (nSPS) is 27.1. The Bertz CT molecular complexity index is 594. The maximum absolute atomic E-state index is 12.9. The van der Waals surface area contributed by atoms with Gasteiger partial charge in [0.05, 0.1) is 31.2 Å². The van der Waals surface area contributed by atoms with Crippen molar-refractivity contribution in [3.8, 4) is 0 Å². The highest BCUT2D eigenvalue weighted by Gasteiger charge is 2.63. The Balaban J connectivity index is 1.20. The molecule has 0 aromatic heterocycles. The van der Waals surface area contributed by atoms with E-state index >= 15 is 0 Å². The molecule has 0 aromatic rings. The van der Waals surface area contributed by atoms with Crippen LogP contribution in [0.4, 0.5) is 22.8 Å². The zero-order valence-electron chi connectivity index (χ0n) is 14.3. The van der Waals surface area contributed by atoms with E-state index in [1.807, 2.05) is 0 Å². The van der Waals surface area contributed by atoms with Gasteiger partial charge in [-0.15, -0.1) is 0 Å².